The van der Waals surface area contributed by atoms with Crippen LogP contribution in [0.3, 0.4) is 0 Å². The van der Waals surface area contributed by atoms with Crippen molar-refractivity contribution in [2.75, 3.05) is 54.0 Å². The average Bonchev–Trinajstić information content (AvgIpc) is 0.966. The van der Waals surface area contributed by atoms with E-state index in [0.29, 0.717) is 53.3 Å². The van der Waals surface area contributed by atoms with Crippen LogP contribution in [-0.2, 0) is 26.3 Å². The number of aromatic nitrogens is 8. The molecule has 1 aliphatic heterocycles. The van der Waals surface area contributed by atoms with Gasteiger partial charge in [0.1, 0.15) is 11.5 Å². The molecule has 1 aliphatic rings. The number of rotatable bonds is 20. The highest BCUT2D eigenvalue weighted by Crippen LogP contribution is 2.23. The van der Waals surface area contributed by atoms with Crippen molar-refractivity contribution in [3.05, 3.63) is 380 Å². The molecule has 1 saturated heterocycles. The molecule has 0 aliphatic carbocycles. The molecule has 0 saturated carbocycles. The minimum atomic E-state index is 0.0671. The van der Waals surface area contributed by atoms with Gasteiger partial charge in [-0.25, -0.2) is 4.98 Å². The fourth-order valence-electron chi connectivity index (χ4n) is 12.7. The summed E-state index contributed by atoms with van der Waals surface area (Å²) in [6.07, 6.45) is 25.9. The normalized spacial score (nSPS) is 11.3. The van der Waals surface area contributed by atoms with Crippen molar-refractivity contribution in [1.82, 2.24) is 48.8 Å². The number of hydrogen-bond acceptors (Lipinski definition) is 13. The molecule has 5 aromatic carbocycles. The maximum atomic E-state index is 11.0. The lowest BCUT2D eigenvalue weighted by molar-refractivity contribution is 0.141. The Labute approximate surface area is 823 Å². The predicted molar refractivity (Wildman–Crippen MR) is 584 cm³/mol. The molecule has 9 heterocycles. The number of likely N-dealkylation sites (N-methyl/N-ethyl adjacent to an activating group) is 1. The molecule has 1 fully saturated rings. The first-order valence-corrected chi connectivity index (χ1v) is 50.5. The van der Waals surface area contributed by atoms with Gasteiger partial charge in [0.05, 0.1) is 24.7 Å². The van der Waals surface area contributed by atoms with Crippen molar-refractivity contribution in [2.45, 2.75) is 272 Å². The van der Waals surface area contributed by atoms with Crippen molar-refractivity contribution in [1.29, 1.82) is 0 Å². The highest BCUT2D eigenvalue weighted by Gasteiger charge is 2.14. The Morgan fingerprint density at radius 3 is 1.10 bits per heavy atom. The summed E-state index contributed by atoms with van der Waals surface area (Å²) in [5.41, 5.74) is 15.6. The maximum absolute atomic E-state index is 11.0. The smallest absolute Gasteiger partial charge is 0.250 e. The van der Waals surface area contributed by atoms with Crippen LogP contribution in [0.4, 0.5) is 0 Å². The lowest BCUT2D eigenvalue weighted by atomic mass is 10.0. The second-order valence-electron chi connectivity index (χ2n) is 38.2. The minimum Gasteiger partial charge on any atom is -0.497 e. The molecule has 0 radical (unpaired) electrons. The number of hydrogen-bond donors (Lipinski definition) is 0. The van der Waals surface area contributed by atoms with Gasteiger partial charge in [0.2, 0.25) is 0 Å². The highest BCUT2D eigenvalue weighted by atomic mass is 32.1. The summed E-state index contributed by atoms with van der Waals surface area (Å²) in [6.45, 7) is 67.5. The number of thiazole rings is 2. The Balaban J connectivity index is 0.000000722. The molecule has 0 atom stereocenters. The first kappa shape index (κ1) is 122. The van der Waals surface area contributed by atoms with Crippen LogP contribution in [-0.4, -0.2) is 103 Å². The first-order chi connectivity index (χ1) is 63.8. The van der Waals surface area contributed by atoms with E-state index in [1.165, 1.54) is 105 Å². The second-order valence-corrected chi connectivity index (χ2v) is 40.0. The van der Waals surface area contributed by atoms with Crippen LogP contribution >= 0.6 is 22.7 Å². The fourth-order valence-corrected chi connectivity index (χ4v) is 14.0. The fraction of sp³-hybridized carbons (Fsp3) is 0.454. The molecule has 732 valence electrons. The molecule has 13 nitrogen and oxygen atoms in total. The van der Waals surface area contributed by atoms with Gasteiger partial charge in [-0.3, -0.25) is 29.7 Å². The summed E-state index contributed by atoms with van der Waals surface area (Å²) < 4.78 is 14.0. The maximum Gasteiger partial charge on any atom is 0.250 e. The lowest BCUT2D eigenvalue weighted by Crippen LogP contribution is -2.45. The number of piperazine rings is 1. The van der Waals surface area contributed by atoms with Crippen molar-refractivity contribution in [3.63, 3.8) is 0 Å². The molecular formula is C119H176N10O3S2. The summed E-state index contributed by atoms with van der Waals surface area (Å²) in [5.74, 6) is 10.5. The van der Waals surface area contributed by atoms with E-state index in [-0.39, 0.29) is 11.6 Å². The number of pyridine rings is 5. The largest absolute Gasteiger partial charge is 0.497 e. The molecule has 0 unspecified atom stereocenters. The zero-order valence-corrected chi connectivity index (χ0v) is 90.3. The average molecular weight is 1860 g/mol. The van der Waals surface area contributed by atoms with Gasteiger partial charge >= 0.3 is 0 Å². The van der Waals surface area contributed by atoms with Crippen molar-refractivity contribution in [3.8, 4) is 11.5 Å². The summed E-state index contributed by atoms with van der Waals surface area (Å²) in [4.78, 5) is 41.4. The molecule has 14 rings (SSSR count). The predicted octanol–water partition coefficient (Wildman–Crippen LogP) is 32.1. The summed E-state index contributed by atoms with van der Waals surface area (Å²) in [5, 5.41) is 3.24. The third-order valence-electron chi connectivity index (χ3n) is 20.6. The number of methoxy groups -OCH3 is 2. The van der Waals surface area contributed by atoms with Gasteiger partial charge in [0.15, 0.2) is 0 Å². The van der Waals surface area contributed by atoms with Crippen LogP contribution < -0.4 is 15.0 Å². The second kappa shape index (κ2) is 74.0. The van der Waals surface area contributed by atoms with E-state index in [4.69, 9.17) is 9.47 Å². The van der Waals surface area contributed by atoms with Crippen LogP contribution in [0, 0.1) is 23.7 Å². The van der Waals surface area contributed by atoms with Crippen LogP contribution in [0.15, 0.2) is 308 Å². The van der Waals surface area contributed by atoms with Gasteiger partial charge in [-0.15, -0.1) is 22.7 Å². The third kappa shape index (κ3) is 60.9. The van der Waals surface area contributed by atoms with Gasteiger partial charge in [0, 0.05) is 148 Å². The molecule has 13 aromatic rings. The van der Waals surface area contributed by atoms with Crippen molar-refractivity contribution in [2.24, 2.45) is 30.7 Å². The number of aryl methyl sites for hydroxylation is 1. The van der Waals surface area contributed by atoms with E-state index in [1.54, 1.807) is 66.0 Å². The van der Waals surface area contributed by atoms with Crippen molar-refractivity contribution >= 4 is 22.7 Å². The summed E-state index contributed by atoms with van der Waals surface area (Å²) >= 11 is 3.44. The Bertz CT molecular complexity index is 4520. The molecule has 0 amide bonds. The summed E-state index contributed by atoms with van der Waals surface area (Å²) in [6, 6.07) is 74.1. The molecule has 0 N–H and O–H groups in total. The van der Waals surface area contributed by atoms with E-state index in [9.17, 15) is 4.79 Å². The Morgan fingerprint density at radius 2 is 0.769 bits per heavy atom. The van der Waals surface area contributed by atoms with E-state index in [1.807, 2.05) is 147 Å². The van der Waals surface area contributed by atoms with Gasteiger partial charge in [0.25, 0.3) is 5.56 Å². The molecule has 0 bridgehead atoms. The van der Waals surface area contributed by atoms with Gasteiger partial charge < -0.3 is 28.4 Å². The highest BCUT2D eigenvalue weighted by molar-refractivity contribution is 7.09. The quantitative estimate of drug-likeness (QED) is 0.0723. The monoisotopic (exact) mass is 1860 g/mol. The molecular weight excluding hydrogens is 1680 g/mol. The van der Waals surface area contributed by atoms with E-state index in [2.05, 4.69) is 384 Å². The van der Waals surface area contributed by atoms with Crippen LogP contribution in [0.5, 0.6) is 11.5 Å². The van der Waals surface area contributed by atoms with Gasteiger partial charge in [-0.2, -0.15) is 0 Å². The zero-order valence-electron chi connectivity index (χ0n) is 88.6. The number of nitrogens with zero attached hydrogens (tertiary/aromatic N) is 10. The van der Waals surface area contributed by atoms with Crippen LogP contribution in [0.2, 0.25) is 0 Å². The first-order valence-electron chi connectivity index (χ1n) is 48.7. The molecule has 15 heteroatoms. The van der Waals surface area contributed by atoms with Gasteiger partial charge in [-0.05, 0) is 240 Å². The minimum absolute atomic E-state index is 0.0671. The SMILES string of the molecule is CC(C)CN1CCN(C)CC1.CC(C)Cc1ccccc1.CC(C)Cc1cccnc1.CC(C)Cc1ccncc1.CC(C)c1ccccc1.CC(C)c1ccccc1.CC(C)c1cccn1C.CC(C)c1cccnc1.CC(C)c1ccncc1.CC(C)c1cncs1.CC(C)c1nccs1.CC(C)n1ccccc1=O.COc1ccc(C(C)C)cc1.COc1cccc(C(C)C)c1. The van der Waals surface area contributed by atoms with Crippen LogP contribution in [0.25, 0.3) is 0 Å². The number of benzene rings is 5. The molecule has 134 heavy (non-hydrogen) atoms. The Hall–Kier alpha value is -10.3. The van der Waals surface area contributed by atoms with Gasteiger partial charge in [-0.1, -0.05) is 313 Å². The third-order valence-corrected chi connectivity index (χ3v) is 22.8. The van der Waals surface area contributed by atoms with E-state index in [0.717, 1.165) is 48.0 Å². The number of ether oxygens (including phenoxy) is 2. The standard InChI is InChI=1S/2C10H14O.C10H14.C9H20N2.2C9H13N.2C9H12.C8H11NO.C8H13N.2C8H11N.2C6H9NS/c1-8(2)9-4-6-10(11-3)7-5-9;1-8(2)9-5-4-6-10(7-9)11-3;1-9(2)8-10-6-4-3-5-7-10;1-9(2)8-11-6-4-10(3)5-7-11;1-8(2)7-9-3-5-10-6-4-9;1-8(2)6-9-4-3-5-10-7-9;2*1-8(2)9-6-4-3-5-7-9;1-7(2)9-6-4-3-5-8(9)10;1-7(2)8-5-4-6-9(8)3;1-7(2)8-3-5-9-6-4-8;1-7(2)8-4-3-5-9-6-8;1-5(2)6-3-7-4-8-6;1-5(2)6-7-3-4-8-6/h2*4-8H,1-3H3;3-7,9H,8H2,1-2H3;9H,4-8H2,1-3H3;3-6,8H,7H2,1-2H3;3-5,7-8H,6H2,1-2H3;2*3-8H,1-2H3;3-7H,1-2H3;4-7H,1-3H3;2*3-7H,1-2H3;2*3-5H,1-2H3. The van der Waals surface area contributed by atoms with E-state index >= 15 is 0 Å². The topological polar surface area (TPSA) is 129 Å². The molecule has 8 aromatic heterocycles. The van der Waals surface area contributed by atoms with E-state index < -0.39 is 0 Å². The Morgan fingerprint density at radius 1 is 0.328 bits per heavy atom. The van der Waals surface area contributed by atoms with Crippen LogP contribution in [0.1, 0.15) is 319 Å². The Kier molecular flexibility index (Phi) is 67.2. The lowest BCUT2D eigenvalue weighted by Gasteiger charge is -2.33. The summed E-state index contributed by atoms with van der Waals surface area (Å²) in [7, 11) is 7.66. The van der Waals surface area contributed by atoms with Crippen molar-refractivity contribution < 1.29 is 9.47 Å². The zero-order chi connectivity index (χ0) is 100. The molecule has 0 spiro atoms.